The molecule has 0 fully saturated rings. The average molecular weight is 397 g/mol. The molecular formula is C25H32O4. The molecule has 0 saturated carbocycles. The summed E-state index contributed by atoms with van der Waals surface area (Å²) in [5.41, 5.74) is 1.37. The molecule has 156 valence electrons. The molecule has 1 N–H and O–H groups in total. The Morgan fingerprint density at radius 1 is 1.03 bits per heavy atom. The van der Waals surface area contributed by atoms with Crippen LogP contribution in [0.3, 0.4) is 0 Å². The van der Waals surface area contributed by atoms with Gasteiger partial charge in [-0.2, -0.15) is 0 Å². The first kappa shape index (κ1) is 21.4. The number of allylic oxidation sites excluding steroid dienone is 9. The van der Waals surface area contributed by atoms with E-state index < -0.39 is 23.8 Å². The highest BCUT2D eigenvalue weighted by atomic mass is 16.5. The van der Waals surface area contributed by atoms with Gasteiger partial charge in [0.05, 0.1) is 5.76 Å². The van der Waals surface area contributed by atoms with E-state index >= 15 is 0 Å². The second-order valence-electron chi connectivity index (χ2n) is 8.77. The summed E-state index contributed by atoms with van der Waals surface area (Å²) >= 11 is 0. The minimum Gasteiger partial charge on any atom is -0.512 e. The van der Waals surface area contributed by atoms with E-state index in [4.69, 9.17) is 4.74 Å². The number of hydrogen-bond donors (Lipinski definition) is 1. The summed E-state index contributed by atoms with van der Waals surface area (Å²) < 4.78 is 5.33. The van der Waals surface area contributed by atoms with Gasteiger partial charge < -0.3 is 9.84 Å². The molecule has 3 aliphatic rings. The fraction of sp³-hybridized carbons (Fsp3) is 0.520. The molecule has 1 aliphatic heterocycles. The van der Waals surface area contributed by atoms with Crippen molar-refractivity contribution in [2.24, 2.45) is 35.5 Å². The van der Waals surface area contributed by atoms with Crippen LogP contribution in [-0.2, 0) is 14.3 Å². The van der Waals surface area contributed by atoms with Gasteiger partial charge in [-0.25, -0.2) is 0 Å². The molecular weight excluding hydrogens is 364 g/mol. The Balaban J connectivity index is 2.01. The molecule has 3 rings (SSSR count). The Hall–Kier alpha value is -2.36. The minimum absolute atomic E-state index is 0.0906. The molecule has 2 aliphatic carbocycles. The van der Waals surface area contributed by atoms with E-state index in [2.05, 4.69) is 38.2 Å². The summed E-state index contributed by atoms with van der Waals surface area (Å²) in [6.45, 7) is 7.59. The van der Waals surface area contributed by atoms with Gasteiger partial charge in [-0.15, -0.1) is 0 Å². The third kappa shape index (κ3) is 4.80. The summed E-state index contributed by atoms with van der Waals surface area (Å²) in [4.78, 5) is 25.0. The van der Waals surface area contributed by atoms with E-state index in [0.717, 1.165) is 12.8 Å². The van der Waals surface area contributed by atoms with Gasteiger partial charge in [0.1, 0.15) is 12.0 Å². The Kier molecular flexibility index (Phi) is 6.61. The zero-order valence-corrected chi connectivity index (χ0v) is 17.7. The number of carbonyl (C=O) groups is 2. The van der Waals surface area contributed by atoms with Crippen LogP contribution < -0.4 is 0 Å². The molecule has 0 bridgehead atoms. The van der Waals surface area contributed by atoms with Crippen molar-refractivity contribution in [1.82, 2.24) is 0 Å². The Morgan fingerprint density at radius 3 is 2.52 bits per heavy atom. The molecule has 0 amide bonds. The fourth-order valence-electron chi connectivity index (χ4n) is 4.73. The lowest BCUT2D eigenvalue weighted by atomic mass is 9.62. The minimum atomic E-state index is -0.939. The highest BCUT2D eigenvalue weighted by Gasteiger charge is 2.41. The third-order valence-electron chi connectivity index (χ3n) is 6.53. The van der Waals surface area contributed by atoms with Crippen molar-refractivity contribution in [2.45, 2.75) is 46.6 Å². The van der Waals surface area contributed by atoms with Crippen LogP contribution >= 0.6 is 0 Å². The standard InChI is InChI=1S/C25H32O4/c1-15-9-11-21-19(13-15)10-12-20-16(2)7-5-6-8-17(3)29-25(28)18(4)22(26)14-23(27)24(20)21/h5-10,12,14,16-21,24,27H,11,13H2,1-4H3/b7-5-,8-6+,23-14-/t16-,17+,18-,19-,20+,21-,24-/m0/s1. The van der Waals surface area contributed by atoms with Crippen molar-refractivity contribution in [3.05, 3.63) is 59.9 Å². The smallest absolute Gasteiger partial charge is 0.317 e. The Morgan fingerprint density at radius 2 is 1.76 bits per heavy atom. The maximum atomic E-state index is 12.7. The first-order valence-electron chi connectivity index (χ1n) is 10.6. The van der Waals surface area contributed by atoms with Crippen LogP contribution in [0.25, 0.3) is 0 Å². The van der Waals surface area contributed by atoms with Crippen molar-refractivity contribution in [3.8, 4) is 0 Å². The molecule has 0 aromatic rings. The van der Waals surface area contributed by atoms with E-state index in [-0.39, 0.29) is 29.4 Å². The lowest BCUT2D eigenvalue weighted by Crippen LogP contribution is -2.37. The van der Waals surface area contributed by atoms with E-state index in [0.29, 0.717) is 5.92 Å². The number of esters is 1. The molecule has 0 unspecified atom stereocenters. The van der Waals surface area contributed by atoms with Crippen LogP contribution in [0.5, 0.6) is 0 Å². The molecule has 0 aromatic carbocycles. The maximum Gasteiger partial charge on any atom is 0.317 e. The fourth-order valence-corrected chi connectivity index (χ4v) is 4.73. The van der Waals surface area contributed by atoms with Gasteiger partial charge in [-0.3, -0.25) is 9.59 Å². The number of cyclic esters (lactones) is 1. The van der Waals surface area contributed by atoms with Gasteiger partial charge in [0.2, 0.25) is 0 Å². The quantitative estimate of drug-likeness (QED) is 0.351. The number of ether oxygens (including phenoxy) is 1. The number of rotatable bonds is 0. The van der Waals surface area contributed by atoms with Gasteiger partial charge in [0, 0.05) is 12.0 Å². The molecule has 0 saturated heterocycles. The van der Waals surface area contributed by atoms with Crippen LogP contribution in [0.15, 0.2) is 59.9 Å². The largest absolute Gasteiger partial charge is 0.512 e. The van der Waals surface area contributed by atoms with Gasteiger partial charge in [0.15, 0.2) is 5.78 Å². The lowest BCUT2D eigenvalue weighted by Gasteiger charge is -2.43. The third-order valence-corrected chi connectivity index (χ3v) is 6.53. The van der Waals surface area contributed by atoms with Crippen LogP contribution in [0, 0.1) is 35.5 Å². The van der Waals surface area contributed by atoms with Crippen LogP contribution in [0.1, 0.15) is 40.5 Å². The summed E-state index contributed by atoms with van der Waals surface area (Å²) in [5.74, 6) is -1.07. The zero-order valence-electron chi connectivity index (χ0n) is 17.7. The van der Waals surface area contributed by atoms with E-state index in [1.807, 2.05) is 12.2 Å². The van der Waals surface area contributed by atoms with E-state index in [1.165, 1.54) is 18.6 Å². The second kappa shape index (κ2) is 8.98. The maximum absolute atomic E-state index is 12.7. The second-order valence-corrected chi connectivity index (χ2v) is 8.77. The monoisotopic (exact) mass is 396 g/mol. The van der Waals surface area contributed by atoms with Gasteiger partial charge in [0.25, 0.3) is 0 Å². The summed E-state index contributed by atoms with van der Waals surface area (Å²) in [6.07, 6.45) is 17.2. The van der Waals surface area contributed by atoms with Gasteiger partial charge in [-0.1, -0.05) is 49.0 Å². The van der Waals surface area contributed by atoms with Crippen molar-refractivity contribution in [1.29, 1.82) is 0 Å². The highest BCUT2D eigenvalue weighted by Crippen LogP contribution is 2.47. The molecule has 29 heavy (non-hydrogen) atoms. The number of ketones is 1. The SMILES string of the molecule is CC1=CC[C@@H]2[C@H]3/C(O)=C/C(=O)[C@H](C)C(=O)O[C@H](C)/C=C/C=C\[C@H](C)[C@H]3C=C[C@H]2C1. The predicted octanol–water partition coefficient (Wildman–Crippen LogP) is 5.10. The van der Waals surface area contributed by atoms with Crippen molar-refractivity contribution < 1.29 is 19.4 Å². The summed E-state index contributed by atoms with van der Waals surface area (Å²) in [7, 11) is 0. The van der Waals surface area contributed by atoms with Crippen LogP contribution in [0.2, 0.25) is 0 Å². The average Bonchev–Trinajstić information content (AvgIpc) is 2.68. The number of carbonyl (C=O) groups excluding carboxylic acids is 2. The lowest BCUT2D eigenvalue weighted by molar-refractivity contribution is -0.152. The topological polar surface area (TPSA) is 63.6 Å². The number of hydrogen-bond acceptors (Lipinski definition) is 4. The van der Waals surface area contributed by atoms with Gasteiger partial charge in [-0.05, 0) is 63.4 Å². The summed E-state index contributed by atoms with van der Waals surface area (Å²) in [6, 6.07) is 0. The number of fused-ring (bicyclic) bond motifs is 3. The molecule has 4 nitrogen and oxygen atoms in total. The van der Waals surface area contributed by atoms with Crippen molar-refractivity contribution >= 4 is 11.8 Å². The number of aliphatic hydroxyl groups is 1. The molecule has 0 aromatic heterocycles. The first-order chi connectivity index (χ1) is 13.8. The Bertz CT molecular complexity index is 798. The highest BCUT2D eigenvalue weighted by molar-refractivity contribution is 6.04. The Labute approximate surface area is 173 Å². The van der Waals surface area contributed by atoms with E-state index in [9.17, 15) is 14.7 Å². The van der Waals surface area contributed by atoms with Crippen molar-refractivity contribution in [3.63, 3.8) is 0 Å². The number of aliphatic hydroxyl groups excluding tert-OH is 1. The molecule has 1 heterocycles. The molecule has 0 spiro atoms. The molecule has 7 atom stereocenters. The van der Waals surface area contributed by atoms with Gasteiger partial charge >= 0.3 is 5.97 Å². The molecule has 4 heteroatoms. The van der Waals surface area contributed by atoms with E-state index in [1.54, 1.807) is 13.0 Å². The molecule has 0 radical (unpaired) electrons. The first-order valence-corrected chi connectivity index (χ1v) is 10.6. The van der Waals surface area contributed by atoms with Crippen LogP contribution in [-0.4, -0.2) is 23.0 Å². The van der Waals surface area contributed by atoms with Crippen molar-refractivity contribution in [2.75, 3.05) is 0 Å². The summed E-state index contributed by atoms with van der Waals surface area (Å²) in [5, 5.41) is 11.1. The normalized spacial score (nSPS) is 42.3. The zero-order chi connectivity index (χ0) is 21.1. The van der Waals surface area contributed by atoms with Crippen LogP contribution in [0.4, 0.5) is 0 Å². The predicted molar refractivity (Wildman–Crippen MR) is 114 cm³/mol.